The van der Waals surface area contributed by atoms with E-state index in [1.54, 1.807) is 39.9 Å². The van der Waals surface area contributed by atoms with Gasteiger partial charge in [-0.25, -0.2) is 4.85 Å². The zero-order valence-electron chi connectivity index (χ0n) is 16.9. The van der Waals surface area contributed by atoms with E-state index in [2.05, 4.69) is 9.94 Å². The summed E-state index contributed by atoms with van der Waals surface area (Å²) in [6.45, 7) is 10.2. The molecule has 3 aromatic rings. The van der Waals surface area contributed by atoms with E-state index in [-0.39, 0.29) is 18.9 Å². The van der Waals surface area contributed by atoms with Crippen LogP contribution in [0.15, 0.2) is 42.5 Å². The first-order chi connectivity index (χ1) is 14.9. The number of hydrogen-bond acceptors (Lipinski definition) is 3. The Balaban J connectivity index is 1.62. The molecule has 31 heavy (non-hydrogen) atoms. The number of halogens is 1. The van der Waals surface area contributed by atoms with Gasteiger partial charge in [-0.1, -0.05) is 35.9 Å². The van der Waals surface area contributed by atoms with Gasteiger partial charge < -0.3 is 10.6 Å². The summed E-state index contributed by atoms with van der Waals surface area (Å²) in [5.74, 6) is -0.642. The number of benzene rings is 2. The Morgan fingerprint density at radius 3 is 2.58 bits per heavy atom. The lowest BCUT2D eigenvalue weighted by atomic mass is 10.0. The molecule has 1 aliphatic heterocycles. The highest BCUT2D eigenvalue weighted by atomic mass is 35.5. The molecule has 0 bridgehead atoms. The highest BCUT2D eigenvalue weighted by Crippen LogP contribution is 2.31. The van der Waals surface area contributed by atoms with E-state index in [0.29, 0.717) is 40.8 Å². The molecule has 0 radical (unpaired) electrons. The molecule has 0 unspecified atom stereocenters. The summed E-state index contributed by atoms with van der Waals surface area (Å²) in [5, 5.41) is 5.17. The smallest absolute Gasteiger partial charge is 0.252 e. The second-order valence-electron chi connectivity index (χ2n) is 7.55. The van der Waals surface area contributed by atoms with Crippen molar-refractivity contribution >= 4 is 29.1 Å². The number of hydrogen-bond donors (Lipinski definition) is 1. The second kappa shape index (κ2) is 8.25. The Labute approximate surface area is 184 Å². The number of fused-ring (bicyclic) bond motifs is 1. The van der Waals surface area contributed by atoms with Crippen LogP contribution >= 0.6 is 11.6 Å². The van der Waals surface area contributed by atoms with Crippen molar-refractivity contribution in [2.45, 2.75) is 26.4 Å². The molecular weight excluding hydrogens is 414 g/mol. The maximum absolute atomic E-state index is 12.9. The van der Waals surface area contributed by atoms with Gasteiger partial charge in [0.15, 0.2) is 5.69 Å². The molecule has 7 nitrogen and oxygen atoms in total. The van der Waals surface area contributed by atoms with Crippen molar-refractivity contribution in [3.63, 3.8) is 0 Å². The van der Waals surface area contributed by atoms with Crippen molar-refractivity contribution < 1.29 is 9.59 Å². The molecule has 0 aliphatic carbocycles. The highest BCUT2D eigenvalue weighted by molar-refractivity contribution is 6.31. The van der Waals surface area contributed by atoms with Crippen molar-refractivity contribution in [3.05, 3.63) is 81.3 Å². The van der Waals surface area contributed by atoms with Crippen LogP contribution < -0.4 is 5.73 Å². The summed E-state index contributed by atoms with van der Waals surface area (Å²) in [6, 6.07) is 12.5. The minimum atomic E-state index is -0.585. The Morgan fingerprint density at radius 2 is 1.94 bits per heavy atom. The van der Waals surface area contributed by atoms with Gasteiger partial charge in [-0.2, -0.15) is 5.10 Å². The third kappa shape index (κ3) is 4.16. The maximum atomic E-state index is 12.9. The van der Waals surface area contributed by atoms with E-state index >= 15 is 0 Å². The fourth-order valence-electron chi connectivity index (χ4n) is 3.84. The lowest BCUT2D eigenvalue weighted by Crippen LogP contribution is -2.40. The van der Waals surface area contributed by atoms with E-state index in [1.807, 2.05) is 19.1 Å². The quantitative estimate of drug-likeness (QED) is 0.636. The Kier molecular flexibility index (Phi) is 5.49. The van der Waals surface area contributed by atoms with E-state index in [4.69, 9.17) is 23.9 Å². The second-order valence-corrected chi connectivity index (χ2v) is 7.98. The van der Waals surface area contributed by atoms with Crippen LogP contribution in [0.1, 0.15) is 27.2 Å². The molecule has 2 heterocycles. The first-order valence-corrected chi connectivity index (χ1v) is 10.1. The molecule has 2 N–H and O–H groups in total. The largest absolute Gasteiger partial charge is 0.365 e. The lowest BCUT2D eigenvalue weighted by Gasteiger charge is -2.28. The van der Waals surface area contributed by atoms with Gasteiger partial charge in [0.2, 0.25) is 5.91 Å². The van der Waals surface area contributed by atoms with Gasteiger partial charge in [-0.15, -0.1) is 0 Å². The number of aromatic nitrogens is 2. The monoisotopic (exact) mass is 433 g/mol. The molecule has 2 aromatic carbocycles. The van der Waals surface area contributed by atoms with Crippen LogP contribution in [0, 0.1) is 13.5 Å². The van der Waals surface area contributed by atoms with Gasteiger partial charge in [0.25, 0.3) is 5.91 Å². The number of primary amides is 1. The zero-order chi connectivity index (χ0) is 22.1. The van der Waals surface area contributed by atoms with Crippen LogP contribution in [-0.4, -0.2) is 33.0 Å². The molecule has 1 aromatic heterocycles. The number of amides is 2. The Morgan fingerprint density at radius 1 is 1.19 bits per heavy atom. The van der Waals surface area contributed by atoms with Gasteiger partial charge in [0.1, 0.15) is 5.69 Å². The van der Waals surface area contributed by atoms with Crippen LogP contribution in [0.4, 0.5) is 5.69 Å². The fourth-order valence-corrected chi connectivity index (χ4v) is 4.13. The molecule has 0 spiro atoms. The van der Waals surface area contributed by atoms with Crippen LogP contribution in [0.3, 0.4) is 0 Å². The molecule has 2 amide bonds. The van der Waals surface area contributed by atoms with Gasteiger partial charge in [-0.05, 0) is 36.2 Å². The normalized spacial score (nSPS) is 12.9. The first-order valence-electron chi connectivity index (χ1n) is 9.77. The Hall–Kier alpha value is -3.63. The number of nitrogens with zero attached hydrogens (tertiary/aromatic N) is 4. The van der Waals surface area contributed by atoms with Gasteiger partial charge in [-0.3, -0.25) is 14.3 Å². The Bertz CT molecular complexity index is 1200. The fraction of sp³-hybridized carbons (Fsp3) is 0.217. The molecule has 0 fully saturated rings. The van der Waals surface area contributed by atoms with E-state index in [0.717, 1.165) is 16.7 Å². The van der Waals surface area contributed by atoms with Crippen LogP contribution in [0.5, 0.6) is 0 Å². The summed E-state index contributed by atoms with van der Waals surface area (Å²) in [4.78, 5) is 30.3. The average molecular weight is 434 g/mol. The van der Waals surface area contributed by atoms with Crippen LogP contribution in [0.2, 0.25) is 5.02 Å². The number of nitrogens with two attached hydrogens (primary N) is 1. The molecule has 8 heteroatoms. The molecule has 4 rings (SSSR count). The number of carbonyl (C=O) groups is 2. The van der Waals surface area contributed by atoms with Crippen molar-refractivity contribution in [1.82, 2.24) is 14.7 Å². The minimum absolute atomic E-state index is 0.0569. The van der Waals surface area contributed by atoms with E-state index in [1.165, 1.54) is 0 Å². The predicted molar refractivity (Wildman–Crippen MR) is 118 cm³/mol. The first kappa shape index (κ1) is 20.6. The van der Waals surface area contributed by atoms with Crippen LogP contribution in [-0.2, 0) is 24.3 Å². The summed E-state index contributed by atoms with van der Waals surface area (Å²) < 4.78 is 1.75. The molecule has 1 aliphatic rings. The summed E-state index contributed by atoms with van der Waals surface area (Å²) in [6.07, 6.45) is 0.221. The maximum Gasteiger partial charge on any atom is 0.252 e. The van der Waals surface area contributed by atoms with E-state index in [9.17, 15) is 9.59 Å². The highest BCUT2D eigenvalue weighted by Gasteiger charge is 2.29. The zero-order valence-corrected chi connectivity index (χ0v) is 17.7. The van der Waals surface area contributed by atoms with Crippen molar-refractivity contribution in [1.29, 1.82) is 0 Å². The predicted octanol–water partition coefficient (Wildman–Crippen LogP) is 3.75. The molecule has 0 saturated carbocycles. The number of aryl methyl sites for hydroxylation is 1. The van der Waals surface area contributed by atoms with Crippen LogP contribution in [0.25, 0.3) is 16.1 Å². The summed E-state index contributed by atoms with van der Waals surface area (Å²) >= 11 is 6.20. The molecule has 156 valence electrons. The van der Waals surface area contributed by atoms with Crippen molar-refractivity contribution in [2.24, 2.45) is 5.73 Å². The number of rotatable bonds is 4. The standard InChI is InChI=1S/C23H20ClN5O2/c1-14-9-16(12-17(24)10-14)22-21(23(25)31)19-13-28(7-8-29(19)27-22)20(30)11-15-3-5-18(26-2)6-4-15/h3-6,9-10,12H,7-8,11,13H2,1H3,(H2,25,31). The summed E-state index contributed by atoms with van der Waals surface area (Å²) in [5.41, 5.74) is 10.2. The molecular formula is C23H20ClN5O2. The van der Waals surface area contributed by atoms with Gasteiger partial charge in [0.05, 0.1) is 37.3 Å². The lowest BCUT2D eigenvalue weighted by molar-refractivity contribution is -0.132. The SMILES string of the molecule is [C-]#[N+]c1ccc(CC(=O)N2CCn3nc(-c4cc(C)cc(Cl)c4)c(C(N)=O)c3C2)cc1. The summed E-state index contributed by atoms with van der Waals surface area (Å²) in [7, 11) is 0. The molecule has 0 saturated heterocycles. The van der Waals surface area contributed by atoms with Crippen molar-refractivity contribution in [2.75, 3.05) is 6.54 Å². The van der Waals surface area contributed by atoms with E-state index < -0.39 is 5.91 Å². The third-order valence-corrected chi connectivity index (χ3v) is 5.53. The van der Waals surface area contributed by atoms with Gasteiger partial charge >= 0.3 is 0 Å². The molecule has 0 atom stereocenters. The van der Waals surface area contributed by atoms with Crippen molar-refractivity contribution in [3.8, 4) is 11.3 Å². The topological polar surface area (TPSA) is 85.6 Å². The van der Waals surface area contributed by atoms with Gasteiger partial charge in [0, 0.05) is 17.1 Å². The minimum Gasteiger partial charge on any atom is -0.365 e. The average Bonchev–Trinajstić information content (AvgIpc) is 3.12. The third-order valence-electron chi connectivity index (χ3n) is 5.32. The number of carbonyl (C=O) groups excluding carboxylic acids is 2.